The van der Waals surface area contributed by atoms with Crippen molar-refractivity contribution in [1.29, 1.82) is 0 Å². The van der Waals surface area contributed by atoms with Crippen molar-refractivity contribution in [3.05, 3.63) is 46.5 Å². The van der Waals surface area contributed by atoms with Gasteiger partial charge in [-0.05, 0) is 49.5 Å². The van der Waals surface area contributed by atoms with Crippen LogP contribution in [0.2, 0.25) is 0 Å². The molecule has 1 aliphatic heterocycles. The summed E-state index contributed by atoms with van der Waals surface area (Å²) in [7, 11) is 0. The van der Waals surface area contributed by atoms with Gasteiger partial charge in [-0.25, -0.2) is 0 Å². The van der Waals surface area contributed by atoms with Crippen molar-refractivity contribution < 1.29 is 9.21 Å². The lowest BCUT2D eigenvalue weighted by atomic mass is 10.1. The van der Waals surface area contributed by atoms with Gasteiger partial charge in [0.15, 0.2) is 0 Å². The Morgan fingerprint density at radius 1 is 1.27 bits per heavy atom. The smallest absolute Gasteiger partial charge is 0.225 e. The second-order valence-electron chi connectivity index (χ2n) is 5.69. The molecule has 0 radical (unpaired) electrons. The van der Waals surface area contributed by atoms with Crippen molar-refractivity contribution in [2.45, 2.75) is 31.7 Å². The molecule has 22 heavy (non-hydrogen) atoms. The maximum atomic E-state index is 12.1. The number of nitrogens with zero attached hydrogens (tertiary/aromatic N) is 1. The molecule has 5 heteroatoms. The predicted molar refractivity (Wildman–Crippen MR) is 87.9 cm³/mol. The fraction of sp³-hybridized carbons (Fsp3) is 0.471. The van der Waals surface area contributed by atoms with Gasteiger partial charge in [-0.2, -0.15) is 0 Å². The van der Waals surface area contributed by atoms with Crippen molar-refractivity contribution >= 4 is 17.2 Å². The Morgan fingerprint density at radius 2 is 2.14 bits per heavy atom. The highest BCUT2D eigenvalue weighted by molar-refractivity contribution is 7.10. The van der Waals surface area contributed by atoms with E-state index in [4.69, 9.17) is 4.42 Å². The van der Waals surface area contributed by atoms with E-state index in [1.807, 2.05) is 29.6 Å². The van der Waals surface area contributed by atoms with Crippen LogP contribution in [0.5, 0.6) is 0 Å². The van der Waals surface area contributed by atoms with Crippen LogP contribution >= 0.6 is 11.3 Å². The van der Waals surface area contributed by atoms with E-state index in [-0.39, 0.29) is 11.9 Å². The Balaban J connectivity index is 1.59. The minimum atomic E-state index is 0.0796. The number of furan rings is 1. The lowest BCUT2D eigenvalue weighted by Gasteiger charge is -2.33. The standard InChI is InChI=1S/C17H22N2O2S/c20-17(12-14-6-5-11-22-14)18-13-15(16-7-4-10-21-16)19-8-2-1-3-9-19/h4-7,10-11,15H,1-3,8-9,12-13H2,(H,18,20)/t15-/m1/s1. The van der Waals surface area contributed by atoms with Crippen LogP contribution < -0.4 is 5.32 Å². The number of piperidine rings is 1. The quantitative estimate of drug-likeness (QED) is 0.889. The van der Waals surface area contributed by atoms with Gasteiger partial charge in [0.1, 0.15) is 5.76 Å². The van der Waals surface area contributed by atoms with Crippen LogP contribution in [0.1, 0.15) is 35.9 Å². The monoisotopic (exact) mass is 318 g/mol. The molecule has 0 aliphatic carbocycles. The van der Waals surface area contributed by atoms with Gasteiger partial charge in [0.05, 0.1) is 18.7 Å². The molecule has 0 aromatic carbocycles. The summed E-state index contributed by atoms with van der Waals surface area (Å²) in [4.78, 5) is 15.6. The number of thiophene rings is 1. The zero-order valence-electron chi connectivity index (χ0n) is 12.7. The zero-order chi connectivity index (χ0) is 15.2. The third-order valence-electron chi connectivity index (χ3n) is 4.11. The van der Waals surface area contributed by atoms with Gasteiger partial charge in [0, 0.05) is 11.4 Å². The number of carbonyl (C=O) groups is 1. The molecule has 3 rings (SSSR count). The molecule has 0 bridgehead atoms. The van der Waals surface area contributed by atoms with Gasteiger partial charge in [-0.3, -0.25) is 9.69 Å². The molecule has 2 aromatic rings. The van der Waals surface area contributed by atoms with Crippen LogP contribution in [0.3, 0.4) is 0 Å². The van der Waals surface area contributed by atoms with Crippen LogP contribution in [0, 0.1) is 0 Å². The van der Waals surface area contributed by atoms with E-state index >= 15 is 0 Å². The Hall–Kier alpha value is -1.59. The first kappa shape index (κ1) is 15.3. The summed E-state index contributed by atoms with van der Waals surface area (Å²) in [6.45, 7) is 2.76. The van der Waals surface area contributed by atoms with Crippen molar-refractivity contribution in [1.82, 2.24) is 10.2 Å². The molecule has 118 valence electrons. The first-order chi connectivity index (χ1) is 10.8. The van der Waals surface area contributed by atoms with Crippen molar-refractivity contribution in [3.63, 3.8) is 0 Å². The SMILES string of the molecule is O=C(Cc1cccs1)NC[C@H](c1ccco1)N1CCCCC1. The number of nitrogens with one attached hydrogen (secondary N) is 1. The van der Waals surface area contributed by atoms with Crippen LogP contribution in [0.4, 0.5) is 0 Å². The first-order valence-corrected chi connectivity index (χ1v) is 8.77. The van der Waals surface area contributed by atoms with E-state index in [1.165, 1.54) is 19.3 Å². The second-order valence-corrected chi connectivity index (χ2v) is 6.72. The maximum absolute atomic E-state index is 12.1. The average Bonchev–Trinajstić information content (AvgIpc) is 3.22. The summed E-state index contributed by atoms with van der Waals surface area (Å²) in [6.07, 6.45) is 5.91. The number of amides is 1. The molecule has 3 heterocycles. The topological polar surface area (TPSA) is 45.5 Å². The number of rotatable bonds is 6. The lowest BCUT2D eigenvalue weighted by molar-refractivity contribution is -0.120. The molecule has 1 saturated heterocycles. The molecule has 1 fully saturated rings. The molecule has 2 aromatic heterocycles. The van der Waals surface area contributed by atoms with E-state index in [9.17, 15) is 4.79 Å². The predicted octanol–water partition coefficient (Wildman–Crippen LogP) is 3.23. The summed E-state index contributed by atoms with van der Waals surface area (Å²) in [5.41, 5.74) is 0. The van der Waals surface area contributed by atoms with Crippen LogP contribution in [0.25, 0.3) is 0 Å². The van der Waals surface area contributed by atoms with Gasteiger partial charge in [0.25, 0.3) is 0 Å². The Morgan fingerprint density at radius 3 is 2.82 bits per heavy atom. The fourth-order valence-corrected chi connectivity index (χ4v) is 3.67. The number of hydrogen-bond acceptors (Lipinski definition) is 4. The van der Waals surface area contributed by atoms with E-state index < -0.39 is 0 Å². The van der Waals surface area contributed by atoms with E-state index in [2.05, 4.69) is 10.2 Å². The summed E-state index contributed by atoms with van der Waals surface area (Å²) in [6, 6.07) is 8.04. The van der Waals surface area contributed by atoms with Gasteiger partial charge in [-0.1, -0.05) is 12.5 Å². The van der Waals surface area contributed by atoms with Crippen molar-refractivity contribution in [2.24, 2.45) is 0 Å². The normalized spacial score (nSPS) is 17.3. The Labute approximate surface area is 135 Å². The molecular formula is C17H22N2O2S. The Kier molecular flexibility index (Phi) is 5.29. The highest BCUT2D eigenvalue weighted by Gasteiger charge is 2.24. The Bertz CT molecular complexity index is 560. The molecule has 1 N–H and O–H groups in total. The molecule has 0 unspecified atom stereocenters. The summed E-state index contributed by atoms with van der Waals surface area (Å²) < 4.78 is 5.60. The molecule has 4 nitrogen and oxygen atoms in total. The number of carbonyl (C=O) groups excluding carboxylic acids is 1. The van der Waals surface area contributed by atoms with Gasteiger partial charge in [-0.15, -0.1) is 11.3 Å². The minimum Gasteiger partial charge on any atom is -0.468 e. The van der Waals surface area contributed by atoms with Crippen molar-refractivity contribution in [3.8, 4) is 0 Å². The third-order valence-corrected chi connectivity index (χ3v) is 4.99. The number of hydrogen-bond donors (Lipinski definition) is 1. The molecule has 1 atom stereocenters. The van der Waals surface area contributed by atoms with Crippen molar-refractivity contribution in [2.75, 3.05) is 19.6 Å². The molecule has 1 aliphatic rings. The van der Waals surface area contributed by atoms with Gasteiger partial charge in [0.2, 0.25) is 5.91 Å². The average molecular weight is 318 g/mol. The minimum absolute atomic E-state index is 0.0796. The third kappa shape index (κ3) is 3.99. The fourth-order valence-electron chi connectivity index (χ4n) is 2.96. The van der Waals surface area contributed by atoms with Crippen LogP contribution in [-0.2, 0) is 11.2 Å². The largest absolute Gasteiger partial charge is 0.468 e. The number of likely N-dealkylation sites (tertiary alicyclic amines) is 1. The van der Waals surface area contributed by atoms with E-state index in [1.54, 1.807) is 17.6 Å². The summed E-state index contributed by atoms with van der Waals surface area (Å²) in [5.74, 6) is 1.02. The lowest BCUT2D eigenvalue weighted by Crippen LogP contribution is -2.40. The first-order valence-electron chi connectivity index (χ1n) is 7.89. The maximum Gasteiger partial charge on any atom is 0.225 e. The highest BCUT2D eigenvalue weighted by Crippen LogP contribution is 2.24. The zero-order valence-corrected chi connectivity index (χ0v) is 13.5. The molecule has 0 saturated carbocycles. The summed E-state index contributed by atoms with van der Waals surface area (Å²) >= 11 is 1.62. The molecular weight excluding hydrogens is 296 g/mol. The second kappa shape index (κ2) is 7.61. The summed E-state index contributed by atoms with van der Waals surface area (Å²) in [5, 5.41) is 5.07. The highest BCUT2D eigenvalue weighted by atomic mass is 32.1. The van der Waals surface area contributed by atoms with Crippen LogP contribution in [0.15, 0.2) is 40.3 Å². The van der Waals surface area contributed by atoms with Crippen LogP contribution in [-0.4, -0.2) is 30.4 Å². The van der Waals surface area contributed by atoms with E-state index in [0.29, 0.717) is 13.0 Å². The van der Waals surface area contributed by atoms with Gasteiger partial charge >= 0.3 is 0 Å². The van der Waals surface area contributed by atoms with Gasteiger partial charge < -0.3 is 9.73 Å². The molecule has 0 spiro atoms. The van der Waals surface area contributed by atoms with E-state index in [0.717, 1.165) is 23.7 Å². The molecule has 1 amide bonds.